The van der Waals surface area contributed by atoms with Crippen molar-refractivity contribution in [2.45, 2.75) is 78.1 Å². The number of carbonyl (C=O) groups excluding carboxylic acids is 1. The minimum absolute atomic E-state index is 0.206. The van der Waals surface area contributed by atoms with Gasteiger partial charge in [0, 0.05) is 15.7 Å². The van der Waals surface area contributed by atoms with Crippen LogP contribution in [0.25, 0.3) is 0 Å². The molecule has 2 aromatic rings. The van der Waals surface area contributed by atoms with Crippen molar-refractivity contribution < 1.29 is 9.53 Å². The molecule has 0 spiro atoms. The Labute approximate surface area is 195 Å². The van der Waals surface area contributed by atoms with E-state index in [1.807, 2.05) is 30.3 Å². The largest absolute Gasteiger partial charge is 0.417 e. The molecule has 0 aliphatic heterocycles. The summed E-state index contributed by atoms with van der Waals surface area (Å²) >= 11 is 3.42. The average molecular weight is 484 g/mol. The molecule has 2 aromatic carbocycles. The van der Waals surface area contributed by atoms with Crippen molar-refractivity contribution in [2.24, 2.45) is 11.3 Å². The van der Waals surface area contributed by atoms with Crippen LogP contribution in [0.2, 0.25) is 0 Å². The molecule has 0 heterocycles. The zero-order valence-corrected chi connectivity index (χ0v) is 20.9. The third-order valence-corrected chi connectivity index (χ3v) is 8.24. The molecular weight excluding hydrogens is 450 g/mol. The van der Waals surface area contributed by atoms with Gasteiger partial charge in [-0.1, -0.05) is 63.0 Å². The normalized spacial score (nSPS) is 24.3. The number of nitrogens with one attached hydrogen (secondary N) is 1. The molecule has 2 aliphatic rings. The summed E-state index contributed by atoms with van der Waals surface area (Å²) in [6.45, 7) is 11.8. The Morgan fingerprint density at radius 3 is 2.48 bits per heavy atom. The molecule has 3 nitrogen and oxygen atoms in total. The van der Waals surface area contributed by atoms with Gasteiger partial charge in [0.1, 0.15) is 5.75 Å². The van der Waals surface area contributed by atoms with E-state index in [9.17, 15) is 4.79 Å². The van der Waals surface area contributed by atoms with Crippen LogP contribution in [-0.4, -0.2) is 6.09 Å². The van der Waals surface area contributed by atoms with Crippen molar-refractivity contribution in [3.63, 3.8) is 0 Å². The Kier molecular flexibility index (Phi) is 5.97. The molecule has 2 atom stereocenters. The summed E-state index contributed by atoms with van der Waals surface area (Å²) < 4.78 is 6.83. The van der Waals surface area contributed by atoms with Gasteiger partial charge in [0.25, 0.3) is 0 Å². The third-order valence-electron chi connectivity index (χ3n) is 7.72. The van der Waals surface area contributed by atoms with Crippen LogP contribution in [-0.2, 0) is 11.8 Å². The molecule has 166 valence electrons. The monoisotopic (exact) mass is 483 g/mol. The molecule has 0 saturated heterocycles. The minimum Gasteiger partial charge on any atom is -0.410 e. The molecule has 1 fully saturated rings. The lowest BCUT2D eigenvalue weighted by Crippen LogP contribution is -2.48. The van der Waals surface area contributed by atoms with E-state index in [4.69, 9.17) is 4.74 Å². The molecule has 1 amide bonds. The van der Waals surface area contributed by atoms with Gasteiger partial charge in [-0.3, -0.25) is 5.32 Å². The summed E-state index contributed by atoms with van der Waals surface area (Å²) in [5.74, 6) is 1.69. The van der Waals surface area contributed by atoms with Crippen molar-refractivity contribution >= 4 is 27.7 Å². The van der Waals surface area contributed by atoms with Crippen LogP contribution in [0.5, 0.6) is 5.75 Å². The maximum atomic E-state index is 12.6. The van der Waals surface area contributed by atoms with E-state index in [1.54, 1.807) is 0 Å². The highest BCUT2D eigenvalue weighted by molar-refractivity contribution is 9.10. The van der Waals surface area contributed by atoms with Crippen molar-refractivity contribution in [3.8, 4) is 5.75 Å². The Hall–Kier alpha value is -1.81. The summed E-state index contributed by atoms with van der Waals surface area (Å²) in [4.78, 5) is 12.6. The van der Waals surface area contributed by atoms with E-state index >= 15 is 0 Å². The molecule has 1 N–H and O–H groups in total. The number of fused-ring (bicyclic) bond motifs is 3. The highest BCUT2D eigenvalue weighted by Gasteiger charge is 2.50. The standard InChI is InChI=1S/C27H34BrNO2/c1-17(2)24-20-11-14-23-26(3,4)15-6-16-27(23,5)21(20)12-13-22(24)31-25(30)29-19-9-7-18(28)8-10-19/h7-10,12-13,17,23H,6,11,14-16H2,1-5H3,(H,29,30)/t23?,27-/m1/s1. The Bertz CT molecular complexity index is 979. The van der Waals surface area contributed by atoms with Gasteiger partial charge >= 0.3 is 6.09 Å². The molecule has 0 radical (unpaired) electrons. The third kappa shape index (κ3) is 4.16. The first-order valence-corrected chi connectivity index (χ1v) is 12.3. The number of hydrogen-bond donors (Lipinski definition) is 1. The number of anilines is 1. The second-order valence-electron chi connectivity index (χ2n) is 10.5. The van der Waals surface area contributed by atoms with Crippen LogP contribution in [0, 0.1) is 11.3 Å². The summed E-state index contributed by atoms with van der Waals surface area (Å²) in [5.41, 5.74) is 5.41. The van der Waals surface area contributed by atoms with Crippen LogP contribution in [0.4, 0.5) is 10.5 Å². The van der Waals surface area contributed by atoms with Gasteiger partial charge in [-0.05, 0) is 89.8 Å². The van der Waals surface area contributed by atoms with Gasteiger partial charge in [-0.2, -0.15) is 0 Å². The van der Waals surface area contributed by atoms with Crippen molar-refractivity contribution in [1.82, 2.24) is 0 Å². The zero-order chi connectivity index (χ0) is 22.4. The number of amides is 1. The summed E-state index contributed by atoms with van der Waals surface area (Å²) in [6.07, 6.45) is 5.68. The fraction of sp³-hybridized carbons (Fsp3) is 0.519. The van der Waals surface area contributed by atoms with E-state index in [0.717, 1.165) is 16.6 Å². The number of hydrogen-bond acceptors (Lipinski definition) is 2. The van der Waals surface area contributed by atoms with Gasteiger partial charge in [-0.15, -0.1) is 0 Å². The molecule has 1 saturated carbocycles. The highest BCUT2D eigenvalue weighted by Crippen LogP contribution is 2.58. The van der Waals surface area contributed by atoms with Crippen molar-refractivity contribution in [1.29, 1.82) is 0 Å². The first-order valence-electron chi connectivity index (χ1n) is 11.5. The van der Waals surface area contributed by atoms with Crippen LogP contribution < -0.4 is 10.1 Å². The van der Waals surface area contributed by atoms with Crippen LogP contribution in [0.1, 0.15) is 82.9 Å². The first-order chi connectivity index (χ1) is 14.6. The first kappa shape index (κ1) is 22.4. The van der Waals surface area contributed by atoms with E-state index in [1.165, 1.54) is 42.4 Å². The molecule has 4 rings (SSSR count). The highest BCUT2D eigenvalue weighted by atomic mass is 79.9. The quantitative estimate of drug-likeness (QED) is 0.477. The molecule has 1 unspecified atom stereocenters. The number of ether oxygens (including phenoxy) is 1. The number of halogens is 1. The maximum absolute atomic E-state index is 12.6. The van der Waals surface area contributed by atoms with E-state index in [2.05, 4.69) is 61.9 Å². The average Bonchev–Trinajstić information content (AvgIpc) is 2.68. The Morgan fingerprint density at radius 1 is 1.10 bits per heavy atom. The van der Waals surface area contributed by atoms with Crippen molar-refractivity contribution in [2.75, 3.05) is 5.32 Å². The van der Waals surface area contributed by atoms with Gasteiger partial charge in [0.15, 0.2) is 0 Å². The maximum Gasteiger partial charge on any atom is 0.417 e. The number of rotatable bonds is 3. The summed E-state index contributed by atoms with van der Waals surface area (Å²) in [6, 6.07) is 11.8. The van der Waals surface area contributed by atoms with Crippen LogP contribution in [0.3, 0.4) is 0 Å². The van der Waals surface area contributed by atoms with E-state index in [0.29, 0.717) is 23.0 Å². The molecule has 4 heteroatoms. The second-order valence-corrected chi connectivity index (χ2v) is 11.4. The van der Waals surface area contributed by atoms with E-state index < -0.39 is 6.09 Å². The topological polar surface area (TPSA) is 38.3 Å². The van der Waals surface area contributed by atoms with Crippen molar-refractivity contribution in [3.05, 3.63) is 57.6 Å². The molecule has 0 bridgehead atoms. The lowest BCUT2D eigenvalue weighted by Gasteiger charge is -2.54. The van der Waals surface area contributed by atoms with Gasteiger partial charge < -0.3 is 4.74 Å². The smallest absolute Gasteiger partial charge is 0.410 e. The van der Waals surface area contributed by atoms with Crippen LogP contribution in [0.15, 0.2) is 40.9 Å². The van der Waals surface area contributed by atoms with Crippen LogP contribution >= 0.6 is 15.9 Å². The van der Waals surface area contributed by atoms with Gasteiger partial charge in [0.2, 0.25) is 0 Å². The molecule has 0 aromatic heterocycles. The molecular formula is C27H34BrNO2. The number of benzene rings is 2. The lowest BCUT2D eigenvalue weighted by molar-refractivity contribution is 0.0404. The Morgan fingerprint density at radius 2 is 1.81 bits per heavy atom. The SMILES string of the molecule is CC(C)c1c(OC(=O)Nc2ccc(Br)cc2)ccc2c1CCC1C(C)(C)CCC[C@]21C. The van der Waals surface area contributed by atoms with Gasteiger partial charge in [0.05, 0.1) is 0 Å². The predicted octanol–water partition coefficient (Wildman–Crippen LogP) is 8.21. The lowest BCUT2D eigenvalue weighted by atomic mass is 9.50. The zero-order valence-electron chi connectivity index (χ0n) is 19.3. The predicted molar refractivity (Wildman–Crippen MR) is 131 cm³/mol. The van der Waals surface area contributed by atoms with Gasteiger partial charge in [-0.25, -0.2) is 4.79 Å². The minimum atomic E-state index is -0.442. The summed E-state index contributed by atoms with van der Waals surface area (Å²) in [7, 11) is 0. The molecule has 31 heavy (non-hydrogen) atoms. The Balaban J connectivity index is 1.66. The molecule has 2 aliphatic carbocycles. The fourth-order valence-corrected chi connectivity index (χ4v) is 6.65. The fourth-order valence-electron chi connectivity index (χ4n) is 6.39. The summed E-state index contributed by atoms with van der Waals surface area (Å²) in [5, 5.41) is 2.85. The number of carbonyl (C=O) groups is 1. The second kappa shape index (κ2) is 8.27. The van der Waals surface area contributed by atoms with E-state index in [-0.39, 0.29) is 5.41 Å².